The number of hydrogen-bond acceptors (Lipinski definition) is 2. The molecule has 5 heteroatoms. The summed E-state index contributed by atoms with van der Waals surface area (Å²) in [4.78, 5) is 0.999. The first-order chi connectivity index (χ1) is 7.68. The van der Waals surface area contributed by atoms with Crippen molar-refractivity contribution in [2.75, 3.05) is 0 Å². The number of hydrogen-bond donors (Lipinski definition) is 0. The molecule has 0 fully saturated rings. The number of para-hydroxylation sites is 1. The van der Waals surface area contributed by atoms with Crippen LogP contribution in [0.1, 0.15) is 4.88 Å². The fourth-order valence-corrected chi connectivity index (χ4v) is 2.78. The standard InChI is InChI=1S/C11H7BrClFOS/c12-7-4-5-16-10(7)6-15-11-8(13)2-1-3-9(11)14/h1-5H,6H2. The van der Waals surface area contributed by atoms with E-state index in [2.05, 4.69) is 15.9 Å². The summed E-state index contributed by atoms with van der Waals surface area (Å²) in [5, 5.41) is 2.22. The molecular formula is C11H7BrClFOS. The predicted molar refractivity (Wildman–Crippen MR) is 67.8 cm³/mol. The lowest BCUT2D eigenvalue weighted by molar-refractivity contribution is 0.293. The van der Waals surface area contributed by atoms with Crippen molar-refractivity contribution < 1.29 is 9.13 Å². The molecule has 16 heavy (non-hydrogen) atoms. The minimum atomic E-state index is -0.444. The highest BCUT2D eigenvalue weighted by Crippen LogP contribution is 2.30. The molecule has 1 aromatic heterocycles. The molecule has 0 aliphatic heterocycles. The molecule has 0 atom stereocenters. The Kier molecular flexibility index (Phi) is 3.84. The van der Waals surface area contributed by atoms with Gasteiger partial charge < -0.3 is 4.74 Å². The lowest BCUT2D eigenvalue weighted by Crippen LogP contribution is -1.96. The minimum absolute atomic E-state index is 0.101. The van der Waals surface area contributed by atoms with E-state index >= 15 is 0 Å². The molecule has 2 aromatic rings. The van der Waals surface area contributed by atoms with Gasteiger partial charge in [-0.05, 0) is 39.5 Å². The second-order valence-corrected chi connectivity index (χ2v) is 5.29. The van der Waals surface area contributed by atoms with Crippen molar-refractivity contribution in [3.05, 3.63) is 49.8 Å². The van der Waals surface area contributed by atoms with E-state index in [9.17, 15) is 4.39 Å². The Hall–Kier alpha value is -0.580. The van der Waals surface area contributed by atoms with Gasteiger partial charge in [0.15, 0.2) is 11.6 Å². The fraction of sp³-hybridized carbons (Fsp3) is 0.0909. The Labute approximate surface area is 110 Å². The summed E-state index contributed by atoms with van der Waals surface area (Å²) >= 11 is 10.8. The van der Waals surface area contributed by atoms with Crippen molar-refractivity contribution in [2.24, 2.45) is 0 Å². The molecule has 0 aliphatic rings. The van der Waals surface area contributed by atoms with Crippen molar-refractivity contribution in [3.63, 3.8) is 0 Å². The van der Waals surface area contributed by atoms with Crippen LogP contribution in [-0.4, -0.2) is 0 Å². The summed E-state index contributed by atoms with van der Waals surface area (Å²) in [6, 6.07) is 6.39. The predicted octanol–water partition coefficient (Wildman–Crippen LogP) is 4.88. The molecule has 0 radical (unpaired) electrons. The van der Waals surface area contributed by atoms with Crippen LogP contribution in [0, 0.1) is 5.82 Å². The van der Waals surface area contributed by atoms with Gasteiger partial charge in [-0.1, -0.05) is 17.7 Å². The van der Waals surface area contributed by atoms with E-state index in [1.54, 1.807) is 23.5 Å². The molecule has 84 valence electrons. The van der Waals surface area contributed by atoms with Crippen molar-refractivity contribution in [1.82, 2.24) is 0 Å². The first-order valence-corrected chi connectivity index (χ1v) is 6.52. The number of ether oxygens (including phenoxy) is 1. The molecular weight excluding hydrogens is 315 g/mol. The van der Waals surface area contributed by atoms with Crippen molar-refractivity contribution in [1.29, 1.82) is 0 Å². The van der Waals surface area contributed by atoms with E-state index in [4.69, 9.17) is 16.3 Å². The third kappa shape index (κ3) is 2.56. The van der Waals surface area contributed by atoms with E-state index in [-0.39, 0.29) is 10.8 Å². The quantitative estimate of drug-likeness (QED) is 0.782. The van der Waals surface area contributed by atoms with Gasteiger partial charge in [-0.2, -0.15) is 0 Å². The monoisotopic (exact) mass is 320 g/mol. The molecule has 0 N–H and O–H groups in total. The van der Waals surface area contributed by atoms with Gasteiger partial charge in [0.05, 0.1) is 9.90 Å². The van der Waals surface area contributed by atoms with E-state index in [1.165, 1.54) is 6.07 Å². The van der Waals surface area contributed by atoms with Crippen LogP contribution in [0.3, 0.4) is 0 Å². The molecule has 0 amide bonds. The number of rotatable bonds is 3. The van der Waals surface area contributed by atoms with Gasteiger partial charge in [-0.25, -0.2) is 4.39 Å². The van der Waals surface area contributed by atoms with Crippen molar-refractivity contribution in [3.8, 4) is 5.75 Å². The summed E-state index contributed by atoms with van der Waals surface area (Å²) in [6.07, 6.45) is 0. The number of halogens is 3. The maximum absolute atomic E-state index is 13.4. The first kappa shape index (κ1) is 11.9. The third-order valence-electron chi connectivity index (χ3n) is 1.96. The Morgan fingerprint density at radius 2 is 2.19 bits per heavy atom. The van der Waals surface area contributed by atoms with E-state index < -0.39 is 5.82 Å². The molecule has 1 aromatic carbocycles. The second kappa shape index (κ2) is 5.17. The molecule has 0 saturated carbocycles. The van der Waals surface area contributed by atoms with E-state index in [0.717, 1.165) is 9.35 Å². The first-order valence-electron chi connectivity index (χ1n) is 4.47. The Morgan fingerprint density at radius 1 is 1.38 bits per heavy atom. The van der Waals surface area contributed by atoms with Crippen molar-refractivity contribution in [2.45, 2.75) is 6.61 Å². The average Bonchev–Trinajstić information content (AvgIpc) is 2.64. The normalized spacial score (nSPS) is 10.4. The van der Waals surface area contributed by atoms with Crippen LogP contribution in [0.25, 0.3) is 0 Å². The zero-order valence-electron chi connectivity index (χ0n) is 8.04. The average molecular weight is 322 g/mol. The van der Waals surface area contributed by atoms with Gasteiger partial charge in [0, 0.05) is 4.47 Å². The minimum Gasteiger partial charge on any atom is -0.483 e. The molecule has 2 rings (SSSR count). The molecule has 0 aliphatic carbocycles. The van der Waals surface area contributed by atoms with E-state index in [0.29, 0.717) is 6.61 Å². The molecule has 0 bridgehead atoms. The Balaban J connectivity index is 2.14. The summed E-state index contributed by atoms with van der Waals surface area (Å²) < 4.78 is 19.7. The largest absolute Gasteiger partial charge is 0.483 e. The lowest BCUT2D eigenvalue weighted by atomic mass is 10.3. The topological polar surface area (TPSA) is 9.23 Å². The van der Waals surface area contributed by atoms with Crippen LogP contribution in [0.4, 0.5) is 4.39 Å². The molecule has 0 spiro atoms. The second-order valence-electron chi connectivity index (χ2n) is 3.03. The van der Waals surface area contributed by atoms with Gasteiger partial charge in [-0.3, -0.25) is 0 Å². The van der Waals surface area contributed by atoms with E-state index in [1.807, 2.05) is 11.4 Å². The van der Waals surface area contributed by atoms with Gasteiger partial charge in [-0.15, -0.1) is 11.3 Å². The van der Waals surface area contributed by atoms with Crippen LogP contribution in [-0.2, 0) is 6.61 Å². The van der Waals surface area contributed by atoms with Crippen LogP contribution in [0.5, 0.6) is 5.75 Å². The summed E-state index contributed by atoms with van der Waals surface area (Å²) in [5.74, 6) is -0.343. The Morgan fingerprint density at radius 3 is 2.81 bits per heavy atom. The maximum Gasteiger partial charge on any atom is 0.174 e. The number of thiophene rings is 1. The summed E-state index contributed by atoms with van der Waals surface area (Å²) in [6.45, 7) is 0.304. The van der Waals surface area contributed by atoms with Crippen molar-refractivity contribution >= 4 is 38.9 Å². The zero-order valence-corrected chi connectivity index (χ0v) is 11.2. The summed E-state index contributed by atoms with van der Waals surface area (Å²) in [5.41, 5.74) is 0. The van der Waals surface area contributed by atoms with Crippen LogP contribution < -0.4 is 4.74 Å². The maximum atomic E-state index is 13.4. The fourth-order valence-electron chi connectivity index (χ4n) is 1.19. The smallest absolute Gasteiger partial charge is 0.174 e. The molecule has 0 unspecified atom stereocenters. The third-order valence-corrected chi connectivity index (χ3v) is 4.16. The highest BCUT2D eigenvalue weighted by Gasteiger charge is 2.09. The lowest BCUT2D eigenvalue weighted by Gasteiger charge is -2.07. The van der Waals surface area contributed by atoms with Gasteiger partial charge in [0.25, 0.3) is 0 Å². The SMILES string of the molecule is Fc1cccc(Cl)c1OCc1sccc1Br. The van der Waals surface area contributed by atoms with Crippen LogP contribution >= 0.6 is 38.9 Å². The van der Waals surface area contributed by atoms with Gasteiger partial charge in [0.2, 0.25) is 0 Å². The summed E-state index contributed by atoms with van der Waals surface area (Å²) in [7, 11) is 0. The highest BCUT2D eigenvalue weighted by atomic mass is 79.9. The highest BCUT2D eigenvalue weighted by molar-refractivity contribution is 9.10. The molecule has 0 saturated heterocycles. The molecule has 1 heterocycles. The van der Waals surface area contributed by atoms with Gasteiger partial charge >= 0.3 is 0 Å². The number of benzene rings is 1. The molecule has 1 nitrogen and oxygen atoms in total. The Bertz CT molecular complexity index is 480. The van der Waals surface area contributed by atoms with Gasteiger partial charge in [0.1, 0.15) is 6.61 Å². The van der Waals surface area contributed by atoms with Crippen LogP contribution in [0.15, 0.2) is 34.1 Å². The van der Waals surface area contributed by atoms with Crippen LogP contribution in [0.2, 0.25) is 5.02 Å². The zero-order chi connectivity index (χ0) is 11.5.